The van der Waals surface area contributed by atoms with Crippen molar-refractivity contribution in [3.63, 3.8) is 0 Å². The van der Waals surface area contributed by atoms with E-state index in [9.17, 15) is 4.79 Å². The number of pyridine rings is 1. The molecule has 0 aliphatic rings. The maximum Gasteiger partial charge on any atom is 0.319 e. The number of anilines is 1. The standard InChI is InChI=1S/C23H21N7O3/c1-32-20-9-8-17(28-23(31)25-10-11-30-15-26-22(13-24)29-30)12-21(20)33-14-18-7-6-16-4-2-3-5-19(16)27-18/h2-9,12,15H,10-11,14H2,1H3,(H2,25,28,31). The average Bonchev–Trinajstić information content (AvgIpc) is 3.30. The van der Waals surface area contributed by atoms with Gasteiger partial charge in [0.1, 0.15) is 19.0 Å². The fraction of sp³-hybridized carbons (Fsp3) is 0.174. The van der Waals surface area contributed by atoms with Gasteiger partial charge in [0.15, 0.2) is 11.5 Å². The highest BCUT2D eigenvalue weighted by molar-refractivity contribution is 5.89. The third-order valence-corrected chi connectivity index (χ3v) is 4.72. The predicted octanol–water partition coefficient (Wildman–Crippen LogP) is 3.11. The number of fused-ring (bicyclic) bond motifs is 1. The second-order valence-electron chi connectivity index (χ2n) is 6.97. The smallest absolute Gasteiger partial charge is 0.319 e. The van der Waals surface area contributed by atoms with E-state index < -0.39 is 0 Å². The van der Waals surface area contributed by atoms with Crippen LogP contribution in [0.3, 0.4) is 0 Å². The first kappa shape index (κ1) is 21.6. The number of hydrogen-bond acceptors (Lipinski definition) is 7. The summed E-state index contributed by atoms with van der Waals surface area (Å²) in [4.78, 5) is 20.7. The van der Waals surface area contributed by atoms with Crippen LogP contribution in [0.2, 0.25) is 0 Å². The van der Waals surface area contributed by atoms with Crippen molar-refractivity contribution in [3.05, 3.63) is 72.4 Å². The van der Waals surface area contributed by atoms with Crippen LogP contribution < -0.4 is 20.1 Å². The Morgan fingerprint density at radius 1 is 1.15 bits per heavy atom. The number of para-hydroxylation sites is 1. The summed E-state index contributed by atoms with van der Waals surface area (Å²) in [6, 6.07) is 18.4. The number of aromatic nitrogens is 4. The molecule has 0 aliphatic carbocycles. The van der Waals surface area contributed by atoms with Crippen molar-refractivity contribution in [2.75, 3.05) is 19.0 Å². The van der Waals surface area contributed by atoms with E-state index in [0.717, 1.165) is 16.6 Å². The van der Waals surface area contributed by atoms with Crippen LogP contribution in [0.5, 0.6) is 11.5 Å². The largest absolute Gasteiger partial charge is 0.493 e. The molecule has 2 N–H and O–H groups in total. The van der Waals surface area contributed by atoms with Crippen LogP contribution in [-0.4, -0.2) is 39.4 Å². The van der Waals surface area contributed by atoms with Gasteiger partial charge in [-0.3, -0.25) is 0 Å². The summed E-state index contributed by atoms with van der Waals surface area (Å²) >= 11 is 0. The van der Waals surface area contributed by atoms with E-state index in [4.69, 9.17) is 14.7 Å². The van der Waals surface area contributed by atoms with E-state index in [1.807, 2.05) is 42.5 Å². The molecule has 33 heavy (non-hydrogen) atoms. The first-order chi connectivity index (χ1) is 16.1. The molecular formula is C23H21N7O3. The molecule has 4 aromatic rings. The third kappa shape index (κ3) is 5.54. The maximum absolute atomic E-state index is 12.2. The quantitative estimate of drug-likeness (QED) is 0.428. The second kappa shape index (κ2) is 10.1. The molecule has 0 radical (unpaired) electrons. The van der Waals surface area contributed by atoms with Crippen molar-refractivity contribution >= 4 is 22.6 Å². The average molecular weight is 443 g/mol. The Labute approximate surface area is 189 Å². The van der Waals surface area contributed by atoms with E-state index in [0.29, 0.717) is 30.3 Å². The number of ether oxygens (including phenoxy) is 2. The molecule has 4 rings (SSSR count). The molecule has 0 unspecified atom stereocenters. The van der Waals surface area contributed by atoms with Crippen LogP contribution in [-0.2, 0) is 13.2 Å². The Morgan fingerprint density at radius 3 is 2.85 bits per heavy atom. The Kier molecular flexibility index (Phi) is 6.61. The fourth-order valence-corrected chi connectivity index (χ4v) is 3.12. The molecule has 0 spiro atoms. The van der Waals surface area contributed by atoms with Crippen molar-refractivity contribution in [1.82, 2.24) is 25.1 Å². The minimum atomic E-state index is -0.386. The van der Waals surface area contributed by atoms with Crippen molar-refractivity contribution in [3.8, 4) is 17.6 Å². The zero-order valence-corrected chi connectivity index (χ0v) is 17.9. The number of nitriles is 1. The lowest BCUT2D eigenvalue weighted by Crippen LogP contribution is -2.31. The van der Waals surface area contributed by atoms with Crippen LogP contribution in [0.1, 0.15) is 11.5 Å². The molecule has 2 aromatic carbocycles. The van der Waals surface area contributed by atoms with Gasteiger partial charge in [-0.1, -0.05) is 24.3 Å². The highest BCUT2D eigenvalue weighted by atomic mass is 16.5. The van der Waals surface area contributed by atoms with Crippen LogP contribution in [0.4, 0.5) is 10.5 Å². The lowest BCUT2D eigenvalue weighted by molar-refractivity contribution is 0.251. The molecule has 0 aliphatic heterocycles. The molecule has 10 heteroatoms. The van der Waals surface area contributed by atoms with Crippen molar-refractivity contribution < 1.29 is 14.3 Å². The summed E-state index contributed by atoms with van der Waals surface area (Å²) in [6.07, 6.45) is 1.44. The number of urea groups is 1. The van der Waals surface area contributed by atoms with E-state index >= 15 is 0 Å². The Bertz CT molecular complexity index is 1310. The van der Waals surface area contributed by atoms with Gasteiger partial charge in [0.2, 0.25) is 0 Å². The summed E-state index contributed by atoms with van der Waals surface area (Å²) in [7, 11) is 1.55. The van der Waals surface area contributed by atoms with Gasteiger partial charge in [-0.05, 0) is 24.3 Å². The molecule has 0 fully saturated rings. The second-order valence-corrected chi connectivity index (χ2v) is 6.97. The Balaban J connectivity index is 1.35. The predicted molar refractivity (Wildman–Crippen MR) is 121 cm³/mol. The fourth-order valence-electron chi connectivity index (χ4n) is 3.12. The minimum absolute atomic E-state index is 0.0871. The Hall–Kier alpha value is -4.65. The van der Waals surface area contributed by atoms with Gasteiger partial charge in [0, 0.05) is 23.7 Å². The molecule has 2 amide bonds. The molecule has 10 nitrogen and oxygen atoms in total. The number of hydrogen-bond donors (Lipinski definition) is 2. The number of carbonyl (C=O) groups excluding carboxylic acids is 1. The third-order valence-electron chi connectivity index (χ3n) is 4.72. The molecule has 0 saturated heterocycles. The number of nitrogens with zero attached hydrogens (tertiary/aromatic N) is 5. The molecule has 2 heterocycles. The van der Waals surface area contributed by atoms with Gasteiger partial charge < -0.3 is 20.1 Å². The minimum Gasteiger partial charge on any atom is -0.493 e. The van der Waals surface area contributed by atoms with E-state index in [2.05, 4.69) is 25.7 Å². The summed E-state index contributed by atoms with van der Waals surface area (Å²) in [5, 5.41) is 19.2. The summed E-state index contributed by atoms with van der Waals surface area (Å²) in [5.41, 5.74) is 2.22. The van der Waals surface area contributed by atoms with Gasteiger partial charge in [-0.2, -0.15) is 5.26 Å². The monoisotopic (exact) mass is 443 g/mol. The molecule has 166 valence electrons. The van der Waals surface area contributed by atoms with Gasteiger partial charge in [0.25, 0.3) is 5.82 Å². The number of carbonyl (C=O) groups is 1. The van der Waals surface area contributed by atoms with Crippen molar-refractivity contribution in [1.29, 1.82) is 5.26 Å². The number of amides is 2. The molecule has 0 atom stereocenters. The zero-order valence-electron chi connectivity index (χ0n) is 17.9. The highest BCUT2D eigenvalue weighted by Crippen LogP contribution is 2.31. The Morgan fingerprint density at radius 2 is 2.03 bits per heavy atom. The number of benzene rings is 2. The van der Waals surface area contributed by atoms with E-state index in [1.165, 1.54) is 11.0 Å². The highest BCUT2D eigenvalue weighted by Gasteiger charge is 2.10. The van der Waals surface area contributed by atoms with Crippen molar-refractivity contribution in [2.24, 2.45) is 0 Å². The molecule has 2 aromatic heterocycles. The maximum atomic E-state index is 12.2. The van der Waals surface area contributed by atoms with Crippen LogP contribution in [0.25, 0.3) is 10.9 Å². The van der Waals surface area contributed by atoms with E-state index in [1.54, 1.807) is 25.3 Å². The zero-order chi connectivity index (χ0) is 23.0. The van der Waals surface area contributed by atoms with Gasteiger partial charge in [-0.25, -0.2) is 19.4 Å². The van der Waals surface area contributed by atoms with Crippen LogP contribution in [0.15, 0.2) is 60.9 Å². The topological polar surface area (TPSA) is 127 Å². The van der Waals surface area contributed by atoms with Gasteiger partial charge in [-0.15, -0.1) is 5.10 Å². The molecule has 0 saturated carbocycles. The van der Waals surface area contributed by atoms with E-state index in [-0.39, 0.29) is 18.5 Å². The number of methoxy groups -OCH3 is 1. The number of rotatable bonds is 8. The first-order valence-electron chi connectivity index (χ1n) is 10.1. The van der Waals surface area contributed by atoms with Crippen LogP contribution in [0, 0.1) is 11.3 Å². The number of nitrogens with one attached hydrogen (secondary N) is 2. The van der Waals surface area contributed by atoms with Gasteiger partial charge in [0.05, 0.1) is 24.9 Å². The molecule has 0 bridgehead atoms. The first-order valence-corrected chi connectivity index (χ1v) is 10.1. The van der Waals surface area contributed by atoms with Crippen LogP contribution >= 0.6 is 0 Å². The SMILES string of the molecule is COc1ccc(NC(=O)NCCn2cnc(C#N)n2)cc1OCc1ccc2ccccc2n1. The normalized spacial score (nSPS) is 10.4. The lowest BCUT2D eigenvalue weighted by Gasteiger charge is -2.13. The molecular weight excluding hydrogens is 422 g/mol. The summed E-state index contributed by atoms with van der Waals surface area (Å²) < 4.78 is 12.8. The van der Waals surface area contributed by atoms with Gasteiger partial charge >= 0.3 is 6.03 Å². The summed E-state index contributed by atoms with van der Waals surface area (Å²) in [5.74, 6) is 1.11. The van der Waals surface area contributed by atoms with Crippen molar-refractivity contribution in [2.45, 2.75) is 13.2 Å². The lowest BCUT2D eigenvalue weighted by atomic mass is 10.2. The summed E-state index contributed by atoms with van der Waals surface area (Å²) in [6.45, 7) is 0.949.